The van der Waals surface area contributed by atoms with Crippen LogP contribution < -0.4 is 0 Å². The Kier molecular flexibility index (Phi) is 6.59. The zero-order chi connectivity index (χ0) is 22.6. The van der Waals surface area contributed by atoms with Crippen LogP contribution in [0.25, 0.3) is 27.9 Å². The van der Waals surface area contributed by atoms with Crippen LogP contribution in [0, 0.1) is 0 Å². The van der Waals surface area contributed by atoms with Crippen LogP contribution in [0.3, 0.4) is 0 Å². The quantitative estimate of drug-likeness (QED) is 0.292. The van der Waals surface area contributed by atoms with Gasteiger partial charge in [0.1, 0.15) is 5.76 Å². The number of ether oxygens (including phenoxy) is 2. The molecule has 6 heteroatoms. The number of nitrogens with zero attached hydrogens (tertiary/aromatic N) is 1. The van der Waals surface area contributed by atoms with Crippen molar-refractivity contribution in [2.45, 2.75) is 19.5 Å². The molecule has 0 atom stereocenters. The number of halogens is 3. The van der Waals surface area contributed by atoms with Crippen LogP contribution in [0.1, 0.15) is 18.9 Å². The van der Waals surface area contributed by atoms with Gasteiger partial charge >= 0.3 is 6.18 Å². The van der Waals surface area contributed by atoms with Crippen LogP contribution >= 0.6 is 0 Å². The molecule has 1 heterocycles. The molecule has 0 saturated carbocycles. The van der Waals surface area contributed by atoms with E-state index in [9.17, 15) is 13.2 Å². The predicted molar refractivity (Wildman–Crippen MR) is 118 cm³/mol. The summed E-state index contributed by atoms with van der Waals surface area (Å²) in [5, 5.41) is 0.959. The van der Waals surface area contributed by atoms with Crippen LogP contribution in [-0.4, -0.2) is 18.8 Å². The number of methoxy groups -OCH3 is 2. The number of aromatic nitrogens is 1. The largest absolute Gasteiger partial charge is 0.497 e. The topological polar surface area (TPSA) is 23.4 Å². The summed E-state index contributed by atoms with van der Waals surface area (Å²) in [6, 6.07) is 14.8. The molecule has 0 spiro atoms. The lowest BCUT2D eigenvalue weighted by atomic mass is 10.1. The standard InChI is InChI=1S/C25H24F3NO2/c1-5-23(30-3)24(31-4)15-10-17(2)29-21-9-7-6-8-19(21)16-22(29)18-11-13-20(14-12-18)25(26,27)28/h6-16H,2,5H2,1,3-4H3/b15-10-,24-23-. The van der Waals surface area contributed by atoms with Crippen LogP contribution in [-0.2, 0) is 15.7 Å². The molecular weight excluding hydrogens is 403 g/mol. The monoisotopic (exact) mass is 427 g/mol. The highest BCUT2D eigenvalue weighted by molar-refractivity contribution is 5.91. The normalized spacial score (nSPS) is 12.8. The average Bonchev–Trinajstić information content (AvgIpc) is 3.15. The van der Waals surface area contributed by atoms with E-state index in [2.05, 4.69) is 6.58 Å². The number of hydrogen-bond acceptors (Lipinski definition) is 2. The molecule has 0 aliphatic heterocycles. The van der Waals surface area contributed by atoms with E-state index in [0.717, 1.165) is 28.7 Å². The van der Waals surface area contributed by atoms with Gasteiger partial charge in [0, 0.05) is 17.5 Å². The number of para-hydroxylation sites is 1. The second-order valence-corrected chi connectivity index (χ2v) is 6.87. The van der Waals surface area contributed by atoms with Crippen molar-refractivity contribution in [2.24, 2.45) is 0 Å². The van der Waals surface area contributed by atoms with Gasteiger partial charge in [0.2, 0.25) is 0 Å². The van der Waals surface area contributed by atoms with Gasteiger partial charge in [-0.1, -0.05) is 43.8 Å². The summed E-state index contributed by atoms with van der Waals surface area (Å²) in [5.74, 6) is 1.28. The highest BCUT2D eigenvalue weighted by Gasteiger charge is 2.30. The Morgan fingerprint density at radius 2 is 1.68 bits per heavy atom. The minimum Gasteiger partial charge on any atom is -0.497 e. The van der Waals surface area contributed by atoms with Crippen LogP contribution in [0.5, 0.6) is 0 Å². The molecule has 0 fully saturated rings. The second kappa shape index (κ2) is 9.16. The summed E-state index contributed by atoms with van der Waals surface area (Å²) < 4.78 is 51.6. The molecule has 0 N–H and O–H groups in total. The molecule has 0 amide bonds. The van der Waals surface area contributed by atoms with E-state index in [-0.39, 0.29) is 0 Å². The van der Waals surface area contributed by atoms with Gasteiger partial charge in [-0.05, 0) is 42.0 Å². The fourth-order valence-corrected chi connectivity index (χ4v) is 3.45. The van der Waals surface area contributed by atoms with E-state index in [1.807, 2.05) is 41.8 Å². The molecule has 1 aromatic heterocycles. The molecular formula is C25H24F3NO2. The first-order valence-corrected chi connectivity index (χ1v) is 9.76. The van der Waals surface area contributed by atoms with Gasteiger partial charge in [0.15, 0.2) is 5.76 Å². The van der Waals surface area contributed by atoms with Crippen molar-refractivity contribution in [2.75, 3.05) is 14.2 Å². The van der Waals surface area contributed by atoms with Crippen molar-refractivity contribution < 1.29 is 22.6 Å². The van der Waals surface area contributed by atoms with E-state index in [0.29, 0.717) is 29.2 Å². The van der Waals surface area contributed by atoms with Gasteiger partial charge in [0.25, 0.3) is 0 Å². The first-order valence-electron chi connectivity index (χ1n) is 9.76. The molecule has 0 unspecified atom stereocenters. The zero-order valence-electron chi connectivity index (χ0n) is 17.7. The lowest BCUT2D eigenvalue weighted by Gasteiger charge is -2.13. The van der Waals surface area contributed by atoms with Crippen molar-refractivity contribution >= 4 is 16.6 Å². The SMILES string of the molecule is C=C(/C=C\C(OC)=C(/CC)OC)n1c(-c2ccc(C(F)(F)F)cc2)cc2ccccc21. The third-order valence-corrected chi connectivity index (χ3v) is 5.00. The minimum absolute atomic E-state index is 0.582. The Morgan fingerprint density at radius 3 is 2.26 bits per heavy atom. The van der Waals surface area contributed by atoms with Gasteiger partial charge < -0.3 is 14.0 Å². The van der Waals surface area contributed by atoms with Crippen molar-refractivity contribution in [1.82, 2.24) is 4.57 Å². The molecule has 3 rings (SSSR count). The number of allylic oxidation sites excluding steroid dienone is 4. The van der Waals surface area contributed by atoms with E-state index >= 15 is 0 Å². The Morgan fingerprint density at radius 1 is 1.00 bits per heavy atom. The summed E-state index contributed by atoms with van der Waals surface area (Å²) in [6.07, 6.45) is -0.137. The van der Waals surface area contributed by atoms with Crippen LogP contribution in [0.15, 0.2) is 84.8 Å². The van der Waals surface area contributed by atoms with Crippen molar-refractivity contribution in [3.05, 3.63) is 90.4 Å². The maximum Gasteiger partial charge on any atom is 0.416 e. The van der Waals surface area contributed by atoms with E-state index < -0.39 is 11.7 Å². The Labute approximate surface area is 179 Å². The Hall–Kier alpha value is -3.41. The first-order chi connectivity index (χ1) is 14.8. The van der Waals surface area contributed by atoms with Crippen molar-refractivity contribution in [1.29, 1.82) is 0 Å². The summed E-state index contributed by atoms with van der Waals surface area (Å²) in [7, 11) is 3.15. The fourth-order valence-electron chi connectivity index (χ4n) is 3.45. The summed E-state index contributed by atoms with van der Waals surface area (Å²) in [6.45, 7) is 6.15. The van der Waals surface area contributed by atoms with E-state index in [4.69, 9.17) is 9.47 Å². The van der Waals surface area contributed by atoms with Crippen LogP contribution in [0.4, 0.5) is 13.2 Å². The number of hydrogen-bond donors (Lipinski definition) is 0. The average molecular weight is 427 g/mol. The maximum atomic E-state index is 13.0. The molecule has 3 nitrogen and oxygen atoms in total. The number of alkyl halides is 3. The molecule has 2 aromatic carbocycles. The van der Waals surface area contributed by atoms with Crippen LogP contribution in [0.2, 0.25) is 0 Å². The first kappa shape index (κ1) is 22.3. The molecule has 162 valence electrons. The predicted octanol–water partition coefficient (Wildman–Crippen LogP) is 7.27. The number of benzene rings is 2. The highest BCUT2D eigenvalue weighted by Crippen LogP contribution is 2.34. The van der Waals surface area contributed by atoms with Gasteiger partial charge in [-0.3, -0.25) is 0 Å². The molecule has 0 saturated heterocycles. The van der Waals surface area contributed by atoms with E-state index in [1.165, 1.54) is 12.1 Å². The third-order valence-electron chi connectivity index (χ3n) is 5.00. The summed E-state index contributed by atoms with van der Waals surface area (Å²) >= 11 is 0. The number of rotatable bonds is 7. The van der Waals surface area contributed by atoms with Gasteiger partial charge in [-0.15, -0.1) is 0 Å². The van der Waals surface area contributed by atoms with E-state index in [1.54, 1.807) is 26.4 Å². The van der Waals surface area contributed by atoms with Gasteiger partial charge in [-0.25, -0.2) is 0 Å². The lowest BCUT2D eigenvalue weighted by Crippen LogP contribution is -2.04. The summed E-state index contributed by atoms with van der Waals surface area (Å²) in [4.78, 5) is 0. The molecule has 31 heavy (non-hydrogen) atoms. The highest BCUT2D eigenvalue weighted by atomic mass is 19.4. The molecule has 0 radical (unpaired) electrons. The molecule has 0 bridgehead atoms. The second-order valence-electron chi connectivity index (χ2n) is 6.87. The Bertz CT molecular complexity index is 1130. The molecule has 0 aliphatic rings. The third kappa shape index (κ3) is 4.68. The lowest BCUT2D eigenvalue weighted by molar-refractivity contribution is -0.137. The number of fused-ring (bicyclic) bond motifs is 1. The maximum absolute atomic E-state index is 13.0. The zero-order valence-corrected chi connectivity index (χ0v) is 17.7. The van der Waals surface area contributed by atoms with Gasteiger partial charge in [0.05, 0.1) is 31.0 Å². The van der Waals surface area contributed by atoms with Crippen molar-refractivity contribution in [3.63, 3.8) is 0 Å². The molecule has 0 aliphatic carbocycles. The van der Waals surface area contributed by atoms with Gasteiger partial charge in [-0.2, -0.15) is 13.2 Å². The van der Waals surface area contributed by atoms with Crippen molar-refractivity contribution in [3.8, 4) is 11.3 Å². The summed E-state index contributed by atoms with van der Waals surface area (Å²) in [5.41, 5.74) is 2.26. The smallest absolute Gasteiger partial charge is 0.416 e. The fraction of sp³-hybridized carbons (Fsp3) is 0.200. The molecule has 3 aromatic rings. The Balaban J connectivity index is 2.09. The minimum atomic E-state index is -4.38.